The Morgan fingerprint density at radius 2 is 1.91 bits per heavy atom. The van der Waals surface area contributed by atoms with Crippen molar-refractivity contribution >= 4 is 27.5 Å². The molecular formula is C17H13BrN2O3. The van der Waals surface area contributed by atoms with Crippen molar-refractivity contribution in [2.24, 2.45) is 0 Å². The lowest BCUT2D eigenvalue weighted by Gasteiger charge is -2.01. The summed E-state index contributed by atoms with van der Waals surface area (Å²) < 4.78 is 6.15. The predicted molar refractivity (Wildman–Crippen MR) is 88.6 cm³/mol. The van der Waals surface area contributed by atoms with Gasteiger partial charge in [-0.15, -0.1) is 0 Å². The van der Waals surface area contributed by atoms with Crippen LogP contribution in [0.1, 0.15) is 39.1 Å². The molecule has 0 saturated carbocycles. The van der Waals surface area contributed by atoms with E-state index >= 15 is 0 Å². The molecule has 0 aliphatic carbocycles. The smallest absolute Gasteiger partial charge is 0.200 e. The third kappa shape index (κ3) is 2.90. The molecule has 0 unspecified atom stereocenters. The number of aryl methyl sites for hydroxylation is 1. The Labute approximate surface area is 140 Å². The number of ketones is 2. The summed E-state index contributed by atoms with van der Waals surface area (Å²) in [5, 5.41) is 4.02. The Bertz CT molecular complexity index is 891. The summed E-state index contributed by atoms with van der Waals surface area (Å²) in [5.74, 6) is 0.0862. The maximum Gasteiger partial charge on any atom is 0.200 e. The maximum atomic E-state index is 12.8. The van der Waals surface area contributed by atoms with Gasteiger partial charge in [0.2, 0.25) is 0 Å². The van der Waals surface area contributed by atoms with Gasteiger partial charge < -0.3 is 9.51 Å². The fourth-order valence-corrected chi connectivity index (χ4v) is 2.58. The number of Topliss-reactive ketones (excluding diaryl/α,β-unsaturated/α-hetero) is 1. The lowest BCUT2D eigenvalue weighted by molar-refractivity contribution is 0.101. The molecule has 0 radical (unpaired) electrons. The minimum atomic E-state index is -0.231. The van der Waals surface area contributed by atoms with Crippen molar-refractivity contribution in [2.45, 2.75) is 13.8 Å². The molecule has 3 aromatic rings. The molecule has 1 aromatic carbocycles. The molecule has 6 heteroatoms. The fraction of sp³-hybridized carbons (Fsp3) is 0.118. The van der Waals surface area contributed by atoms with Crippen LogP contribution in [0.4, 0.5) is 0 Å². The molecule has 0 spiro atoms. The fourth-order valence-electron chi connectivity index (χ4n) is 2.32. The number of aromatic nitrogens is 2. The number of aromatic amines is 1. The van der Waals surface area contributed by atoms with E-state index in [0.29, 0.717) is 28.3 Å². The van der Waals surface area contributed by atoms with Crippen LogP contribution in [0.3, 0.4) is 0 Å². The van der Waals surface area contributed by atoms with Crippen LogP contribution in [0, 0.1) is 6.92 Å². The van der Waals surface area contributed by atoms with Gasteiger partial charge in [-0.2, -0.15) is 0 Å². The molecule has 0 amide bonds. The van der Waals surface area contributed by atoms with Gasteiger partial charge in [0.05, 0.1) is 11.3 Å². The molecule has 0 fully saturated rings. The number of nitrogens with one attached hydrogen (secondary N) is 1. The van der Waals surface area contributed by atoms with E-state index in [1.54, 1.807) is 13.0 Å². The first-order valence-corrected chi connectivity index (χ1v) is 7.73. The van der Waals surface area contributed by atoms with E-state index in [-0.39, 0.29) is 11.6 Å². The Morgan fingerprint density at radius 1 is 1.22 bits per heavy atom. The van der Waals surface area contributed by atoms with E-state index in [1.807, 2.05) is 24.3 Å². The Hall–Kier alpha value is -2.47. The van der Waals surface area contributed by atoms with Gasteiger partial charge in [-0.25, -0.2) is 0 Å². The summed E-state index contributed by atoms with van der Waals surface area (Å²) in [6, 6.07) is 9.00. The number of H-pyrrole nitrogens is 1. The van der Waals surface area contributed by atoms with Crippen LogP contribution in [-0.4, -0.2) is 21.7 Å². The number of carbonyl (C=O) groups is 2. The molecule has 116 valence electrons. The van der Waals surface area contributed by atoms with E-state index in [0.717, 1.165) is 10.0 Å². The first-order valence-electron chi connectivity index (χ1n) is 6.93. The van der Waals surface area contributed by atoms with Crippen molar-refractivity contribution in [2.75, 3.05) is 0 Å². The highest BCUT2D eigenvalue weighted by Gasteiger charge is 2.23. The van der Waals surface area contributed by atoms with E-state index in [2.05, 4.69) is 26.1 Å². The number of carbonyl (C=O) groups excluding carboxylic acids is 2. The number of nitrogens with zero attached hydrogens (tertiary/aromatic N) is 1. The highest BCUT2D eigenvalue weighted by molar-refractivity contribution is 9.10. The monoisotopic (exact) mass is 372 g/mol. The summed E-state index contributed by atoms with van der Waals surface area (Å²) in [5.41, 5.74) is 2.48. The Kier molecular flexibility index (Phi) is 4.00. The van der Waals surface area contributed by atoms with Crippen LogP contribution in [0.5, 0.6) is 0 Å². The quantitative estimate of drug-likeness (QED) is 0.697. The first kappa shape index (κ1) is 15.4. The summed E-state index contributed by atoms with van der Waals surface area (Å²) in [6.45, 7) is 3.14. The van der Waals surface area contributed by atoms with Crippen molar-refractivity contribution in [1.82, 2.24) is 10.1 Å². The van der Waals surface area contributed by atoms with E-state index in [9.17, 15) is 9.59 Å². The molecular weight excluding hydrogens is 360 g/mol. The average Bonchev–Trinajstić information content (AvgIpc) is 3.14. The zero-order chi connectivity index (χ0) is 16.6. The van der Waals surface area contributed by atoms with Gasteiger partial charge in [0.1, 0.15) is 11.5 Å². The van der Waals surface area contributed by atoms with Crippen LogP contribution < -0.4 is 0 Å². The van der Waals surface area contributed by atoms with Gasteiger partial charge in [-0.1, -0.05) is 33.2 Å². The molecule has 0 aliphatic heterocycles. The highest BCUT2D eigenvalue weighted by Crippen LogP contribution is 2.28. The second kappa shape index (κ2) is 5.96. The number of hydrogen-bond acceptors (Lipinski definition) is 4. The average molecular weight is 373 g/mol. The molecule has 3 rings (SSSR count). The largest absolute Gasteiger partial charge is 0.360 e. The standard InChI is InChI=1S/C17H13BrN2O3/c1-9(21)14-7-12(8-19-14)17(22)15-10(2)23-20-16(15)11-3-5-13(18)6-4-11/h3-8,19H,1-2H3. The summed E-state index contributed by atoms with van der Waals surface area (Å²) in [6.07, 6.45) is 1.52. The molecule has 0 bridgehead atoms. The van der Waals surface area contributed by atoms with Crippen LogP contribution in [0.15, 0.2) is 45.5 Å². The van der Waals surface area contributed by atoms with Gasteiger partial charge >= 0.3 is 0 Å². The number of benzene rings is 1. The minimum Gasteiger partial charge on any atom is -0.360 e. The zero-order valence-corrected chi connectivity index (χ0v) is 14.1. The molecule has 2 aromatic heterocycles. The molecule has 2 heterocycles. The van der Waals surface area contributed by atoms with Gasteiger partial charge in [0, 0.05) is 28.7 Å². The lowest BCUT2D eigenvalue weighted by Crippen LogP contribution is -2.02. The minimum absolute atomic E-state index is 0.126. The third-order valence-corrected chi connectivity index (χ3v) is 4.06. The Balaban J connectivity index is 2.05. The predicted octanol–water partition coefficient (Wildman–Crippen LogP) is 4.17. The topological polar surface area (TPSA) is 76.0 Å². The number of hydrogen-bond donors (Lipinski definition) is 1. The van der Waals surface area contributed by atoms with Crippen LogP contribution in [0.25, 0.3) is 11.3 Å². The molecule has 0 saturated heterocycles. The van der Waals surface area contributed by atoms with Crippen molar-refractivity contribution in [3.63, 3.8) is 0 Å². The van der Waals surface area contributed by atoms with Gasteiger partial charge in [0.25, 0.3) is 0 Å². The van der Waals surface area contributed by atoms with E-state index in [4.69, 9.17) is 4.52 Å². The molecule has 1 N–H and O–H groups in total. The summed E-state index contributed by atoms with van der Waals surface area (Å²) in [4.78, 5) is 27.0. The Morgan fingerprint density at radius 3 is 2.52 bits per heavy atom. The highest BCUT2D eigenvalue weighted by atomic mass is 79.9. The number of rotatable bonds is 4. The van der Waals surface area contributed by atoms with Crippen LogP contribution in [0.2, 0.25) is 0 Å². The van der Waals surface area contributed by atoms with E-state index in [1.165, 1.54) is 13.1 Å². The molecule has 5 nitrogen and oxygen atoms in total. The van der Waals surface area contributed by atoms with Crippen molar-refractivity contribution in [3.05, 3.63) is 63.6 Å². The first-order chi connectivity index (χ1) is 11.0. The van der Waals surface area contributed by atoms with E-state index < -0.39 is 0 Å². The van der Waals surface area contributed by atoms with Gasteiger partial charge in [-0.05, 0) is 25.1 Å². The number of halogens is 1. The zero-order valence-electron chi connectivity index (χ0n) is 12.5. The summed E-state index contributed by atoms with van der Waals surface area (Å²) >= 11 is 3.38. The third-order valence-electron chi connectivity index (χ3n) is 3.53. The normalized spacial score (nSPS) is 10.7. The summed E-state index contributed by atoms with van der Waals surface area (Å²) in [7, 11) is 0. The van der Waals surface area contributed by atoms with Gasteiger partial charge in [-0.3, -0.25) is 9.59 Å². The van der Waals surface area contributed by atoms with Crippen molar-refractivity contribution in [1.29, 1.82) is 0 Å². The van der Waals surface area contributed by atoms with Crippen molar-refractivity contribution in [3.8, 4) is 11.3 Å². The van der Waals surface area contributed by atoms with Crippen LogP contribution >= 0.6 is 15.9 Å². The van der Waals surface area contributed by atoms with Gasteiger partial charge in [0.15, 0.2) is 11.6 Å². The maximum absolute atomic E-state index is 12.8. The molecule has 0 atom stereocenters. The van der Waals surface area contributed by atoms with Crippen molar-refractivity contribution < 1.29 is 14.1 Å². The molecule has 23 heavy (non-hydrogen) atoms. The van der Waals surface area contributed by atoms with Crippen LogP contribution in [-0.2, 0) is 0 Å². The molecule has 0 aliphatic rings. The SMILES string of the molecule is CC(=O)c1cc(C(=O)c2c(-c3ccc(Br)cc3)noc2C)c[nH]1. The lowest BCUT2D eigenvalue weighted by atomic mass is 9.99. The second-order valence-electron chi connectivity index (χ2n) is 5.16. The second-order valence-corrected chi connectivity index (χ2v) is 6.07.